The van der Waals surface area contributed by atoms with Gasteiger partial charge in [0.05, 0.1) is 20.9 Å². The highest BCUT2D eigenvalue weighted by atomic mass is 32.2. The van der Waals surface area contributed by atoms with E-state index in [0.717, 1.165) is 18.2 Å². The number of pyridine rings is 1. The van der Waals surface area contributed by atoms with Gasteiger partial charge in [0.15, 0.2) is 14.9 Å². The molecule has 15 heteroatoms. The third kappa shape index (κ3) is 6.28. The van der Waals surface area contributed by atoms with Crippen LogP contribution >= 0.6 is 0 Å². The first-order valence-corrected chi connectivity index (χ1v) is 13.4. The van der Waals surface area contributed by atoms with E-state index in [4.69, 9.17) is 0 Å². The maximum absolute atomic E-state index is 13.1. The molecule has 0 spiro atoms. The van der Waals surface area contributed by atoms with Crippen LogP contribution in [0.25, 0.3) is 0 Å². The summed E-state index contributed by atoms with van der Waals surface area (Å²) >= 11 is 0. The molecule has 2 aromatic carbocycles. The molecule has 0 radical (unpaired) electrons. The fraction of sp³-hybridized carbons (Fsp3) is 0.182. The average molecular weight is 567 g/mol. The predicted molar refractivity (Wildman–Crippen MR) is 117 cm³/mol. The molecule has 1 aromatic heterocycles. The number of sulfone groups is 2. The van der Waals surface area contributed by atoms with E-state index in [1.807, 2.05) is 0 Å². The van der Waals surface area contributed by atoms with Crippen molar-refractivity contribution < 1.29 is 48.0 Å². The van der Waals surface area contributed by atoms with E-state index in [2.05, 4.69) is 10.3 Å². The maximum atomic E-state index is 13.1. The molecule has 198 valence electrons. The van der Waals surface area contributed by atoms with Gasteiger partial charge in [0.2, 0.25) is 9.84 Å². The van der Waals surface area contributed by atoms with E-state index in [-0.39, 0.29) is 5.56 Å². The molecule has 1 N–H and O–H groups in total. The third-order valence-electron chi connectivity index (χ3n) is 4.92. The molecule has 0 aliphatic heterocycles. The lowest BCUT2D eigenvalue weighted by Gasteiger charge is -2.14. The van der Waals surface area contributed by atoms with Gasteiger partial charge in [0, 0.05) is 12.8 Å². The van der Waals surface area contributed by atoms with Crippen molar-refractivity contribution in [2.24, 2.45) is 0 Å². The highest BCUT2D eigenvalue weighted by Gasteiger charge is 2.35. The average Bonchev–Trinajstić information content (AvgIpc) is 2.80. The molecule has 37 heavy (non-hydrogen) atoms. The molecule has 0 saturated carbocycles. The lowest BCUT2D eigenvalue weighted by molar-refractivity contribution is -0.141. The number of carbonyl (C=O) groups is 1. The van der Waals surface area contributed by atoms with E-state index >= 15 is 0 Å². The SMILES string of the molecule is CS(=O)(=O)c1nc(C(F)(F)F)ccc1C(=O)NCc1ccccc1S(=O)(=O)c1cccc(C(F)(F)F)c1. The Morgan fingerprint density at radius 2 is 1.51 bits per heavy atom. The topological polar surface area (TPSA) is 110 Å². The second-order valence-electron chi connectivity index (χ2n) is 7.64. The monoisotopic (exact) mass is 566 g/mol. The van der Waals surface area contributed by atoms with Crippen LogP contribution in [0.5, 0.6) is 0 Å². The Balaban J connectivity index is 1.96. The number of hydrogen-bond donors (Lipinski definition) is 1. The van der Waals surface area contributed by atoms with Crippen molar-refractivity contribution in [3.8, 4) is 0 Å². The second kappa shape index (κ2) is 9.78. The Hall–Kier alpha value is -3.46. The van der Waals surface area contributed by atoms with Gasteiger partial charge in [-0.05, 0) is 42.0 Å². The van der Waals surface area contributed by atoms with Crippen LogP contribution in [-0.2, 0) is 38.6 Å². The van der Waals surface area contributed by atoms with Crippen LogP contribution in [0.4, 0.5) is 26.3 Å². The minimum atomic E-state index is -4.98. The smallest absolute Gasteiger partial charge is 0.348 e. The first-order valence-electron chi connectivity index (χ1n) is 9.99. The predicted octanol–water partition coefficient (Wildman–Crippen LogP) is 4.29. The minimum absolute atomic E-state index is 0.0750. The number of hydrogen-bond acceptors (Lipinski definition) is 6. The number of nitrogens with zero attached hydrogens (tertiary/aromatic N) is 1. The second-order valence-corrected chi connectivity index (χ2v) is 11.5. The van der Waals surface area contributed by atoms with Gasteiger partial charge in [-0.2, -0.15) is 26.3 Å². The van der Waals surface area contributed by atoms with Gasteiger partial charge in [-0.1, -0.05) is 24.3 Å². The van der Waals surface area contributed by atoms with Gasteiger partial charge in [-0.15, -0.1) is 0 Å². The van der Waals surface area contributed by atoms with Crippen molar-refractivity contribution in [3.63, 3.8) is 0 Å². The highest BCUT2D eigenvalue weighted by Crippen LogP contribution is 2.33. The molecule has 0 aliphatic rings. The van der Waals surface area contributed by atoms with E-state index in [1.165, 1.54) is 18.2 Å². The van der Waals surface area contributed by atoms with E-state index in [1.54, 1.807) is 0 Å². The summed E-state index contributed by atoms with van der Waals surface area (Å²) in [6, 6.07) is 9.10. The molecule has 0 fully saturated rings. The van der Waals surface area contributed by atoms with Crippen molar-refractivity contribution in [1.29, 1.82) is 0 Å². The first-order chi connectivity index (χ1) is 16.9. The van der Waals surface area contributed by atoms with Crippen molar-refractivity contribution in [2.45, 2.75) is 33.7 Å². The summed E-state index contributed by atoms with van der Waals surface area (Å²) in [4.78, 5) is 14.6. The highest BCUT2D eigenvalue weighted by molar-refractivity contribution is 7.91. The zero-order valence-corrected chi connectivity index (χ0v) is 20.2. The normalized spacial score (nSPS) is 12.8. The molecule has 3 rings (SSSR count). The van der Waals surface area contributed by atoms with Crippen LogP contribution in [0.1, 0.15) is 27.2 Å². The molecule has 3 aromatic rings. The largest absolute Gasteiger partial charge is 0.433 e. The van der Waals surface area contributed by atoms with Crippen LogP contribution in [0, 0.1) is 0 Å². The van der Waals surface area contributed by atoms with Crippen LogP contribution in [0.3, 0.4) is 0 Å². The summed E-state index contributed by atoms with van der Waals surface area (Å²) in [6.45, 7) is -0.558. The number of nitrogens with one attached hydrogen (secondary N) is 1. The minimum Gasteiger partial charge on any atom is -0.348 e. The zero-order valence-electron chi connectivity index (χ0n) is 18.6. The van der Waals surface area contributed by atoms with E-state index in [0.29, 0.717) is 30.5 Å². The fourth-order valence-electron chi connectivity index (χ4n) is 3.20. The number of aromatic nitrogens is 1. The summed E-state index contributed by atoms with van der Waals surface area (Å²) in [5.74, 6) is -1.17. The van der Waals surface area contributed by atoms with Crippen molar-refractivity contribution in [2.75, 3.05) is 6.26 Å². The van der Waals surface area contributed by atoms with Crippen LogP contribution in [-0.4, -0.2) is 34.0 Å². The Morgan fingerprint density at radius 3 is 2.11 bits per heavy atom. The zero-order chi connectivity index (χ0) is 27.8. The third-order valence-corrected chi connectivity index (χ3v) is 7.79. The number of alkyl halides is 6. The summed E-state index contributed by atoms with van der Waals surface area (Å²) in [6.07, 6.45) is -9.22. The maximum Gasteiger partial charge on any atom is 0.433 e. The number of carbonyl (C=O) groups excluding carboxylic acids is 1. The Kier molecular flexibility index (Phi) is 7.43. The number of amides is 1. The van der Waals surface area contributed by atoms with Crippen molar-refractivity contribution >= 4 is 25.6 Å². The summed E-state index contributed by atoms with van der Waals surface area (Å²) in [7, 11) is -8.89. The molecule has 0 unspecified atom stereocenters. The summed E-state index contributed by atoms with van der Waals surface area (Å²) < 4.78 is 128. The lowest BCUT2D eigenvalue weighted by atomic mass is 10.2. The molecular formula is C22H16F6N2O5S2. The van der Waals surface area contributed by atoms with Gasteiger partial charge in [0.25, 0.3) is 5.91 Å². The number of rotatable bonds is 6. The number of halogens is 6. The van der Waals surface area contributed by atoms with Crippen LogP contribution in [0.2, 0.25) is 0 Å². The fourth-order valence-corrected chi connectivity index (χ4v) is 5.56. The first kappa shape index (κ1) is 28.1. The van der Waals surface area contributed by atoms with Gasteiger partial charge >= 0.3 is 12.4 Å². The Labute approximate surface area is 207 Å². The van der Waals surface area contributed by atoms with E-state index < -0.39 is 76.1 Å². The van der Waals surface area contributed by atoms with Crippen molar-refractivity contribution in [1.82, 2.24) is 10.3 Å². The molecule has 7 nitrogen and oxygen atoms in total. The van der Waals surface area contributed by atoms with Gasteiger partial charge < -0.3 is 5.32 Å². The van der Waals surface area contributed by atoms with Crippen molar-refractivity contribution in [3.05, 3.63) is 83.0 Å². The van der Waals surface area contributed by atoms with E-state index in [9.17, 15) is 48.0 Å². The molecule has 1 amide bonds. The quantitative estimate of drug-likeness (QED) is 0.446. The summed E-state index contributed by atoms with van der Waals surface area (Å²) in [5.41, 5.74) is -3.52. The molecular weight excluding hydrogens is 550 g/mol. The Bertz CT molecular complexity index is 1570. The van der Waals surface area contributed by atoms with Gasteiger partial charge in [0.1, 0.15) is 5.69 Å². The molecule has 0 bridgehead atoms. The van der Waals surface area contributed by atoms with Crippen LogP contribution in [0.15, 0.2) is 75.5 Å². The number of benzene rings is 2. The molecule has 0 atom stereocenters. The van der Waals surface area contributed by atoms with Crippen LogP contribution < -0.4 is 5.32 Å². The standard InChI is InChI=1S/C22H16F6N2O5S2/c1-36(32,33)20-16(9-10-18(30-20)22(26,27)28)19(31)29-12-13-5-2-3-8-17(13)37(34,35)15-7-4-6-14(11-15)21(23,24)25/h2-11H,12H2,1H3,(H,29,31). The molecule has 0 aliphatic carbocycles. The molecule has 1 heterocycles. The molecule has 0 saturated heterocycles. The lowest BCUT2D eigenvalue weighted by Crippen LogP contribution is -2.27. The summed E-state index contributed by atoms with van der Waals surface area (Å²) in [5, 5.41) is 1.08. The Morgan fingerprint density at radius 1 is 0.865 bits per heavy atom. The van der Waals surface area contributed by atoms with Gasteiger partial charge in [-0.25, -0.2) is 21.8 Å². The van der Waals surface area contributed by atoms with Gasteiger partial charge in [-0.3, -0.25) is 4.79 Å².